The molecule has 3 saturated heterocycles. The highest BCUT2D eigenvalue weighted by atomic mass is 35.5. The molecule has 2 aromatic carbocycles. The minimum atomic E-state index is -5.14. The van der Waals surface area contributed by atoms with Crippen molar-refractivity contribution in [3.8, 4) is 0 Å². The van der Waals surface area contributed by atoms with E-state index >= 15 is 0 Å². The maximum absolute atomic E-state index is 13.3. The van der Waals surface area contributed by atoms with E-state index in [1.54, 1.807) is 0 Å². The van der Waals surface area contributed by atoms with Gasteiger partial charge in [0.2, 0.25) is 10.6 Å². The van der Waals surface area contributed by atoms with Gasteiger partial charge in [0.05, 0.1) is 55.4 Å². The van der Waals surface area contributed by atoms with Crippen LogP contribution < -0.4 is 0 Å². The molecule has 3 fully saturated rings. The Labute approximate surface area is 299 Å². The summed E-state index contributed by atoms with van der Waals surface area (Å²) in [6.45, 7) is -1.67. The van der Waals surface area contributed by atoms with Crippen LogP contribution in [0.2, 0.25) is 30.7 Å². The highest BCUT2D eigenvalue weighted by molar-refractivity contribution is 7.47. The quantitative estimate of drug-likeness (QED) is 0.183. The molecular weight excluding hydrogens is 811 g/mol. The summed E-state index contributed by atoms with van der Waals surface area (Å²) >= 11 is 37.4. The largest absolute Gasteiger partial charge is 0.472 e. The van der Waals surface area contributed by atoms with Crippen molar-refractivity contribution >= 4 is 107 Å². The maximum atomic E-state index is 13.3. The molecule has 10 atom stereocenters. The zero-order chi connectivity index (χ0) is 34.4. The summed E-state index contributed by atoms with van der Waals surface area (Å²) in [5.74, 6) is 0. The number of phosphoric acid groups is 2. The van der Waals surface area contributed by atoms with Crippen molar-refractivity contribution in [1.82, 2.24) is 19.1 Å². The molecule has 7 rings (SSSR count). The van der Waals surface area contributed by atoms with Crippen molar-refractivity contribution in [2.75, 3.05) is 13.2 Å². The summed E-state index contributed by atoms with van der Waals surface area (Å²) in [4.78, 5) is 29.9. The predicted molar refractivity (Wildman–Crippen MR) is 171 cm³/mol. The van der Waals surface area contributed by atoms with Gasteiger partial charge in [0.25, 0.3) is 0 Å². The molecule has 4 N–H and O–H groups in total. The molecule has 5 heterocycles. The van der Waals surface area contributed by atoms with E-state index in [0.717, 1.165) is 0 Å². The van der Waals surface area contributed by atoms with Crippen LogP contribution in [0.25, 0.3) is 22.1 Å². The van der Waals surface area contributed by atoms with Crippen LogP contribution >= 0.6 is 85.3 Å². The van der Waals surface area contributed by atoms with Crippen LogP contribution in [0, 0.1) is 0 Å². The average molecular weight is 831 g/mol. The van der Waals surface area contributed by atoms with Crippen molar-refractivity contribution in [2.45, 2.75) is 49.1 Å². The summed E-state index contributed by atoms with van der Waals surface area (Å²) in [7, 11) is -10.2. The first kappa shape index (κ1) is 35.6. The van der Waals surface area contributed by atoms with Crippen LogP contribution in [-0.4, -0.2) is 88.9 Å². The summed E-state index contributed by atoms with van der Waals surface area (Å²) in [5, 5.41) is 22.6. The predicted octanol–water partition coefficient (Wildman–Crippen LogP) is 5.54. The minimum absolute atomic E-state index is 0.109. The van der Waals surface area contributed by atoms with E-state index in [1.807, 2.05) is 0 Å². The standard InChI is InChI=1S/C24H20Cl6N4O12P2/c25-7-1-11-13(3-9(7)27)33(23(29)31-11)21-18(36)19-16(44-21)6-42-48(39,40)46-20-17(35)15(5-41-47(37,38)45-19)43-22(20)34-14-4-10(28)8(26)2-12(14)32-24(34)30/h1-4,15-22,35-36H,5-6H2,(H,37,38)(H,39,40). The first-order valence-corrected chi connectivity index (χ1v) is 18.8. The molecule has 24 heteroatoms. The number of phosphoric ester groups is 2. The van der Waals surface area contributed by atoms with Gasteiger partial charge in [-0.2, -0.15) is 0 Å². The lowest BCUT2D eigenvalue weighted by molar-refractivity contribution is -0.0669. The van der Waals surface area contributed by atoms with E-state index in [0.29, 0.717) is 0 Å². The average Bonchev–Trinajstić information content (AvgIpc) is 3.67. The molecule has 2 aromatic heterocycles. The smallest absolute Gasteiger partial charge is 0.387 e. The molecule has 0 aliphatic carbocycles. The van der Waals surface area contributed by atoms with Gasteiger partial charge in [-0.15, -0.1) is 0 Å². The van der Waals surface area contributed by atoms with Gasteiger partial charge in [0, 0.05) is 0 Å². The minimum Gasteiger partial charge on any atom is -0.387 e. The highest BCUT2D eigenvalue weighted by Crippen LogP contribution is 2.54. The van der Waals surface area contributed by atoms with E-state index in [-0.39, 0.29) is 52.7 Å². The number of fused-ring (bicyclic) bond motifs is 5. The maximum Gasteiger partial charge on any atom is 0.472 e. The zero-order valence-corrected chi connectivity index (χ0v) is 29.7. The van der Waals surface area contributed by atoms with Gasteiger partial charge in [0.15, 0.2) is 12.5 Å². The molecular formula is C24H20Cl6N4O12P2. The van der Waals surface area contributed by atoms with Crippen LogP contribution in [0.3, 0.4) is 0 Å². The number of hydrogen-bond donors (Lipinski definition) is 4. The molecule has 10 unspecified atom stereocenters. The summed E-state index contributed by atoms with van der Waals surface area (Å²) in [6, 6.07) is 5.64. The molecule has 3 aliphatic heterocycles. The van der Waals surface area contributed by atoms with Crippen LogP contribution in [-0.2, 0) is 36.7 Å². The molecule has 2 bridgehead atoms. The van der Waals surface area contributed by atoms with Gasteiger partial charge < -0.3 is 29.5 Å². The fourth-order valence-corrected chi connectivity index (χ4v) is 8.77. The van der Waals surface area contributed by atoms with E-state index in [1.165, 1.54) is 33.4 Å². The molecule has 3 aliphatic rings. The monoisotopic (exact) mass is 828 g/mol. The number of aromatic nitrogens is 4. The van der Waals surface area contributed by atoms with E-state index in [9.17, 15) is 29.1 Å². The molecule has 260 valence electrons. The van der Waals surface area contributed by atoms with Gasteiger partial charge >= 0.3 is 15.6 Å². The van der Waals surface area contributed by atoms with Crippen LogP contribution in [0.4, 0.5) is 0 Å². The summed E-state index contributed by atoms with van der Waals surface area (Å²) in [5.41, 5.74) is 1.03. The van der Waals surface area contributed by atoms with E-state index in [4.69, 9.17) is 97.2 Å². The van der Waals surface area contributed by atoms with Crippen molar-refractivity contribution in [3.05, 3.63) is 54.9 Å². The number of aliphatic hydroxyl groups is 2. The van der Waals surface area contributed by atoms with Crippen molar-refractivity contribution in [3.63, 3.8) is 0 Å². The van der Waals surface area contributed by atoms with Gasteiger partial charge in [-0.1, -0.05) is 46.4 Å². The van der Waals surface area contributed by atoms with Crippen molar-refractivity contribution in [2.24, 2.45) is 0 Å². The molecule has 4 aromatic rings. The first-order valence-electron chi connectivity index (χ1n) is 13.6. The molecule has 0 saturated carbocycles. The Morgan fingerprint density at radius 3 is 1.62 bits per heavy atom. The SMILES string of the molecule is O=P1(O)OCC2OC(n3c(Cl)nc4cc(Cl)c(Cl)cc43)C(OP(=O)(O)OCC3OC(n4c(Cl)nc5cc(Cl)c(Cl)cc54)C(O)C3O1)C2O. The third-order valence-electron chi connectivity index (χ3n) is 7.82. The Hall–Kier alpha value is -0.820. The fraction of sp³-hybridized carbons (Fsp3) is 0.417. The van der Waals surface area contributed by atoms with Crippen molar-refractivity contribution < 1.29 is 56.7 Å². The Morgan fingerprint density at radius 2 is 1.08 bits per heavy atom. The molecule has 0 amide bonds. The topological polar surface area (TPSA) is 206 Å². The number of nitrogens with zero attached hydrogens (tertiary/aromatic N) is 4. The number of aliphatic hydroxyl groups excluding tert-OH is 2. The van der Waals surface area contributed by atoms with E-state index in [2.05, 4.69) is 9.97 Å². The fourth-order valence-electron chi connectivity index (χ4n) is 5.68. The third kappa shape index (κ3) is 6.42. The van der Waals surface area contributed by atoms with E-state index < -0.39 is 77.9 Å². The number of halogens is 6. The second-order valence-corrected chi connectivity index (χ2v) is 15.9. The normalized spacial score (nSPS) is 36.2. The lowest BCUT2D eigenvalue weighted by Crippen LogP contribution is -2.36. The number of rotatable bonds is 2. The molecule has 0 spiro atoms. The number of ether oxygens (including phenoxy) is 2. The van der Waals surface area contributed by atoms with Crippen LogP contribution in [0.1, 0.15) is 12.5 Å². The lowest BCUT2D eigenvalue weighted by Gasteiger charge is -2.26. The number of imidazole rings is 2. The second-order valence-electron chi connectivity index (χ2n) is 10.8. The summed E-state index contributed by atoms with van der Waals surface area (Å²) in [6.07, 6.45) is -12.9. The Kier molecular flexibility index (Phi) is 9.63. The summed E-state index contributed by atoms with van der Waals surface area (Å²) < 4.78 is 61.9. The van der Waals surface area contributed by atoms with Crippen molar-refractivity contribution in [1.29, 1.82) is 0 Å². The van der Waals surface area contributed by atoms with Gasteiger partial charge in [-0.3, -0.25) is 27.2 Å². The molecule has 48 heavy (non-hydrogen) atoms. The Balaban J connectivity index is 1.22. The zero-order valence-electron chi connectivity index (χ0n) is 23.3. The highest BCUT2D eigenvalue weighted by Gasteiger charge is 2.54. The molecule has 0 radical (unpaired) electrons. The first-order chi connectivity index (χ1) is 22.5. The molecule has 16 nitrogen and oxygen atoms in total. The van der Waals surface area contributed by atoms with Gasteiger partial charge in [0.1, 0.15) is 36.6 Å². The lowest BCUT2D eigenvalue weighted by atomic mass is 10.1. The van der Waals surface area contributed by atoms with Gasteiger partial charge in [-0.05, 0) is 47.5 Å². The second kappa shape index (κ2) is 13.0. The Morgan fingerprint density at radius 1 is 0.646 bits per heavy atom. The van der Waals surface area contributed by atoms with Gasteiger partial charge in [-0.25, -0.2) is 19.1 Å². The third-order valence-corrected chi connectivity index (χ3v) is 11.8. The van der Waals surface area contributed by atoms with Crippen LogP contribution in [0.15, 0.2) is 24.3 Å². The number of hydrogen-bond acceptors (Lipinski definition) is 12. The van der Waals surface area contributed by atoms with Crippen LogP contribution in [0.5, 0.6) is 0 Å². The number of benzene rings is 2. The Bertz CT molecular complexity index is 2040.